The molecule has 3 heterocycles. The molecule has 0 saturated heterocycles. The Morgan fingerprint density at radius 1 is 1.27 bits per heavy atom. The van der Waals surface area contributed by atoms with Gasteiger partial charge in [-0.05, 0) is 6.07 Å². The lowest BCUT2D eigenvalue weighted by Gasteiger charge is -2.03. The monoisotopic (exact) mass is 299 g/mol. The molecule has 2 amide bonds. The Morgan fingerprint density at radius 2 is 2.09 bits per heavy atom. The first-order chi connectivity index (χ1) is 10.6. The van der Waals surface area contributed by atoms with Crippen LogP contribution < -0.4 is 10.6 Å². The van der Waals surface area contributed by atoms with E-state index in [0.29, 0.717) is 16.9 Å². The number of carbonyl (C=O) groups excluding carboxylic acids is 2. The summed E-state index contributed by atoms with van der Waals surface area (Å²) in [5, 5.41) is 13.2. The SMILES string of the molecule is CNC(=O)c1nn(C)cc1NC(=O)c1cnn2cccnc12. The van der Waals surface area contributed by atoms with Crippen LogP contribution in [0.3, 0.4) is 0 Å². The molecular formula is C13H13N7O2. The molecule has 0 atom stereocenters. The predicted molar refractivity (Wildman–Crippen MR) is 77.5 cm³/mol. The van der Waals surface area contributed by atoms with Gasteiger partial charge in [0.15, 0.2) is 11.3 Å². The Hall–Kier alpha value is -3.23. The normalized spacial score (nSPS) is 10.6. The summed E-state index contributed by atoms with van der Waals surface area (Å²) in [6.07, 6.45) is 6.25. The Morgan fingerprint density at radius 3 is 2.86 bits per heavy atom. The summed E-state index contributed by atoms with van der Waals surface area (Å²) < 4.78 is 2.95. The Labute approximate surface area is 125 Å². The fourth-order valence-electron chi connectivity index (χ4n) is 2.04. The Balaban J connectivity index is 1.93. The van der Waals surface area contributed by atoms with E-state index < -0.39 is 5.91 Å². The van der Waals surface area contributed by atoms with Crippen LogP contribution in [0.1, 0.15) is 20.8 Å². The number of nitrogens with one attached hydrogen (secondary N) is 2. The van der Waals surface area contributed by atoms with Crippen LogP contribution in [0.25, 0.3) is 5.65 Å². The summed E-state index contributed by atoms with van der Waals surface area (Å²) in [5.74, 6) is -0.791. The van der Waals surface area contributed by atoms with Crippen molar-refractivity contribution in [3.8, 4) is 0 Å². The van der Waals surface area contributed by atoms with Crippen molar-refractivity contribution < 1.29 is 9.59 Å². The highest BCUT2D eigenvalue weighted by Crippen LogP contribution is 2.16. The molecule has 9 heteroatoms. The van der Waals surface area contributed by atoms with Crippen LogP contribution in [0.2, 0.25) is 0 Å². The molecular weight excluding hydrogens is 286 g/mol. The second-order valence-electron chi connectivity index (χ2n) is 4.54. The molecule has 0 fully saturated rings. The standard InChI is InChI=1S/C13H13N7O2/c1-14-13(22)10-9(7-19(2)18-10)17-12(21)8-6-16-20-5-3-4-15-11(8)20/h3-7H,1-2H3,(H,14,22)(H,17,21). The molecule has 9 nitrogen and oxygen atoms in total. The van der Waals surface area contributed by atoms with Gasteiger partial charge in [0.05, 0.1) is 11.9 Å². The molecule has 0 bridgehead atoms. The van der Waals surface area contributed by atoms with Crippen LogP contribution >= 0.6 is 0 Å². The number of hydrogen-bond acceptors (Lipinski definition) is 5. The molecule has 3 rings (SSSR count). The molecule has 3 aromatic heterocycles. The van der Waals surface area contributed by atoms with Crippen molar-refractivity contribution in [2.24, 2.45) is 7.05 Å². The summed E-state index contributed by atoms with van der Waals surface area (Å²) in [7, 11) is 3.16. The highest BCUT2D eigenvalue weighted by molar-refractivity contribution is 6.10. The van der Waals surface area contributed by atoms with Gasteiger partial charge in [0, 0.05) is 32.7 Å². The number of anilines is 1. The van der Waals surface area contributed by atoms with Gasteiger partial charge >= 0.3 is 0 Å². The lowest BCUT2D eigenvalue weighted by molar-refractivity contribution is 0.0958. The molecule has 3 aromatic rings. The molecule has 0 aromatic carbocycles. The number of rotatable bonds is 3. The molecule has 0 spiro atoms. The van der Waals surface area contributed by atoms with Crippen molar-refractivity contribution in [3.63, 3.8) is 0 Å². The highest BCUT2D eigenvalue weighted by Gasteiger charge is 2.19. The van der Waals surface area contributed by atoms with Crippen LogP contribution in [0.15, 0.2) is 30.9 Å². The minimum Gasteiger partial charge on any atom is -0.354 e. The highest BCUT2D eigenvalue weighted by atomic mass is 16.2. The van der Waals surface area contributed by atoms with Gasteiger partial charge in [-0.15, -0.1) is 0 Å². The topological polar surface area (TPSA) is 106 Å². The summed E-state index contributed by atoms with van der Waals surface area (Å²) in [5.41, 5.74) is 1.21. The van der Waals surface area contributed by atoms with Crippen molar-refractivity contribution in [1.29, 1.82) is 0 Å². The van der Waals surface area contributed by atoms with E-state index in [0.717, 1.165) is 0 Å². The summed E-state index contributed by atoms with van der Waals surface area (Å²) >= 11 is 0. The molecule has 2 N–H and O–H groups in total. The lowest BCUT2D eigenvalue weighted by Crippen LogP contribution is -2.21. The zero-order valence-corrected chi connectivity index (χ0v) is 11.9. The Bertz CT molecular complexity index is 864. The Kier molecular flexibility index (Phi) is 3.30. The first-order valence-corrected chi connectivity index (χ1v) is 6.45. The van der Waals surface area contributed by atoms with Crippen molar-refractivity contribution >= 4 is 23.1 Å². The molecule has 22 heavy (non-hydrogen) atoms. The van der Waals surface area contributed by atoms with Gasteiger partial charge in [-0.1, -0.05) is 0 Å². The largest absolute Gasteiger partial charge is 0.354 e. The molecule has 0 radical (unpaired) electrons. The van der Waals surface area contributed by atoms with Crippen LogP contribution in [0.5, 0.6) is 0 Å². The van der Waals surface area contributed by atoms with E-state index in [4.69, 9.17) is 0 Å². The smallest absolute Gasteiger partial charge is 0.273 e. The van der Waals surface area contributed by atoms with Crippen LogP contribution in [0.4, 0.5) is 5.69 Å². The molecule has 0 aliphatic carbocycles. The average Bonchev–Trinajstić information content (AvgIpc) is 3.10. The van der Waals surface area contributed by atoms with E-state index in [1.54, 1.807) is 31.7 Å². The summed E-state index contributed by atoms with van der Waals surface area (Å²) in [4.78, 5) is 28.3. The number of nitrogens with zero attached hydrogens (tertiary/aromatic N) is 5. The second-order valence-corrected chi connectivity index (χ2v) is 4.54. The maximum Gasteiger partial charge on any atom is 0.273 e. The van der Waals surface area contributed by atoms with Gasteiger partial charge in [0.25, 0.3) is 11.8 Å². The second kappa shape index (κ2) is 5.28. The molecule has 0 aliphatic heterocycles. The first kappa shape index (κ1) is 13.7. The van der Waals surface area contributed by atoms with Crippen molar-refractivity contribution in [1.82, 2.24) is 29.7 Å². The first-order valence-electron chi connectivity index (χ1n) is 6.45. The molecule has 0 saturated carbocycles. The summed E-state index contributed by atoms with van der Waals surface area (Å²) in [6.45, 7) is 0. The van der Waals surface area contributed by atoms with Gasteiger partial charge in [-0.25, -0.2) is 9.50 Å². The summed E-state index contributed by atoms with van der Waals surface area (Å²) in [6, 6.07) is 1.71. The van der Waals surface area contributed by atoms with Gasteiger partial charge in [-0.2, -0.15) is 10.2 Å². The number of amides is 2. The van der Waals surface area contributed by atoms with Gasteiger partial charge < -0.3 is 10.6 Å². The van der Waals surface area contributed by atoms with Crippen LogP contribution in [0, 0.1) is 0 Å². The van der Waals surface area contributed by atoms with Crippen molar-refractivity contribution in [2.45, 2.75) is 0 Å². The third kappa shape index (κ3) is 2.28. The minimum atomic E-state index is -0.410. The molecule has 0 aliphatic rings. The van der Waals surface area contributed by atoms with Crippen LogP contribution in [-0.4, -0.2) is 43.2 Å². The maximum absolute atomic E-state index is 12.4. The number of carbonyl (C=O) groups is 2. The van der Waals surface area contributed by atoms with E-state index in [9.17, 15) is 9.59 Å². The third-order valence-electron chi connectivity index (χ3n) is 3.04. The number of fused-ring (bicyclic) bond motifs is 1. The average molecular weight is 299 g/mol. The van der Waals surface area contributed by atoms with Crippen molar-refractivity contribution in [3.05, 3.63) is 42.1 Å². The molecule has 112 valence electrons. The zero-order valence-electron chi connectivity index (χ0n) is 11.9. The molecule has 0 unspecified atom stereocenters. The quantitative estimate of drug-likeness (QED) is 0.712. The number of aryl methyl sites for hydroxylation is 1. The predicted octanol–water partition coefficient (Wildman–Crippen LogP) is 0.0747. The minimum absolute atomic E-state index is 0.141. The maximum atomic E-state index is 12.4. The van der Waals surface area contributed by atoms with E-state index in [-0.39, 0.29) is 11.6 Å². The van der Waals surface area contributed by atoms with Crippen LogP contribution in [-0.2, 0) is 7.05 Å². The fourth-order valence-corrected chi connectivity index (χ4v) is 2.04. The van der Waals surface area contributed by atoms with Gasteiger partial charge in [0.2, 0.25) is 0 Å². The van der Waals surface area contributed by atoms with E-state index in [1.807, 2.05) is 0 Å². The number of hydrogen-bond donors (Lipinski definition) is 2. The van der Waals surface area contributed by atoms with Crippen molar-refractivity contribution in [2.75, 3.05) is 12.4 Å². The van der Waals surface area contributed by atoms with E-state index in [1.165, 1.54) is 22.4 Å². The third-order valence-corrected chi connectivity index (χ3v) is 3.04. The fraction of sp³-hybridized carbons (Fsp3) is 0.154. The van der Waals surface area contributed by atoms with E-state index >= 15 is 0 Å². The van der Waals surface area contributed by atoms with Gasteiger partial charge in [-0.3, -0.25) is 14.3 Å². The zero-order chi connectivity index (χ0) is 15.7. The lowest BCUT2D eigenvalue weighted by atomic mass is 10.3. The number of aromatic nitrogens is 5. The van der Waals surface area contributed by atoms with Gasteiger partial charge in [0.1, 0.15) is 5.56 Å². The van der Waals surface area contributed by atoms with E-state index in [2.05, 4.69) is 25.8 Å².